The van der Waals surface area contributed by atoms with Gasteiger partial charge in [-0.15, -0.1) is 0 Å². The summed E-state index contributed by atoms with van der Waals surface area (Å²) in [5.74, 6) is -0.531. The topological polar surface area (TPSA) is 67.4 Å². The molecule has 0 spiro atoms. The zero-order valence-electron chi connectivity index (χ0n) is 12.9. The van der Waals surface area contributed by atoms with E-state index in [2.05, 4.69) is 15.4 Å². The number of hydrogen-bond donors (Lipinski definition) is 2. The van der Waals surface area contributed by atoms with Crippen molar-refractivity contribution in [2.45, 2.75) is 13.2 Å². The molecule has 7 heteroatoms. The first kappa shape index (κ1) is 17.4. The van der Waals surface area contributed by atoms with Crippen LogP contribution in [0, 0.1) is 0 Å². The van der Waals surface area contributed by atoms with Crippen LogP contribution < -0.4 is 15.4 Å². The minimum Gasteiger partial charge on any atom is -0.435 e. The van der Waals surface area contributed by atoms with Crippen molar-refractivity contribution < 1.29 is 23.1 Å². The second-order valence-electron chi connectivity index (χ2n) is 4.86. The van der Waals surface area contributed by atoms with Gasteiger partial charge >= 0.3 is 6.61 Å². The van der Waals surface area contributed by atoms with Gasteiger partial charge in [-0.3, -0.25) is 9.59 Å². The molecule has 0 aliphatic heterocycles. The predicted octanol–water partition coefficient (Wildman–Crippen LogP) is 2.58. The summed E-state index contributed by atoms with van der Waals surface area (Å²) in [7, 11) is 1.55. The number of rotatable bonds is 6. The highest BCUT2D eigenvalue weighted by atomic mass is 19.3. The van der Waals surface area contributed by atoms with E-state index in [1.54, 1.807) is 31.3 Å². The first-order chi connectivity index (χ1) is 11.5. The molecule has 0 heterocycles. The van der Waals surface area contributed by atoms with Crippen LogP contribution in [0.4, 0.5) is 8.78 Å². The Kier molecular flexibility index (Phi) is 5.83. The molecule has 2 amide bonds. The lowest BCUT2D eigenvalue weighted by molar-refractivity contribution is -0.0498. The number of carbonyl (C=O) groups excluding carboxylic acids is 2. The summed E-state index contributed by atoms with van der Waals surface area (Å²) in [6.07, 6.45) is 0. The minimum absolute atomic E-state index is 0.00802. The van der Waals surface area contributed by atoms with E-state index in [-0.39, 0.29) is 24.1 Å². The average Bonchev–Trinajstić information content (AvgIpc) is 2.59. The molecule has 0 unspecified atom stereocenters. The van der Waals surface area contributed by atoms with Crippen molar-refractivity contribution in [1.82, 2.24) is 10.6 Å². The highest BCUT2D eigenvalue weighted by molar-refractivity contribution is 5.94. The highest BCUT2D eigenvalue weighted by Gasteiger charge is 2.08. The smallest absolute Gasteiger partial charge is 0.387 e. The molecule has 0 bridgehead atoms. The van der Waals surface area contributed by atoms with Crippen molar-refractivity contribution >= 4 is 11.8 Å². The summed E-state index contributed by atoms with van der Waals surface area (Å²) in [5.41, 5.74) is 1.69. The molecule has 2 aromatic rings. The zero-order valence-corrected chi connectivity index (χ0v) is 12.9. The summed E-state index contributed by atoms with van der Waals surface area (Å²) in [6.45, 7) is -2.62. The van der Waals surface area contributed by atoms with Crippen LogP contribution in [0.15, 0.2) is 48.5 Å². The van der Waals surface area contributed by atoms with Crippen molar-refractivity contribution in [3.05, 3.63) is 65.2 Å². The first-order valence-corrected chi connectivity index (χ1v) is 7.13. The van der Waals surface area contributed by atoms with Crippen LogP contribution in [0.2, 0.25) is 0 Å². The van der Waals surface area contributed by atoms with Crippen molar-refractivity contribution in [3.63, 3.8) is 0 Å². The van der Waals surface area contributed by atoms with Crippen molar-refractivity contribution in [3.8, 4) is 5.75 Å². The monoisotopic (exact) mass is 334 g/mol. The van der Waals surface area contributed by atoms with E-state index in [9.17, 15) is 18.4 Å². The molecule has 2 aromatic carbocycles. The molecule has 5 nitrogen and oxygen atoms in total. The molecular formula is C17H16F2N2O3. The van der Waals surface area contributed by atoms with Gasteiger partial charge in [-0.25, -0.2) is 0 Å². The maximum Gasteiger partial charge on any atom is 0.387 e. The van der Waals surface area contributed by atoms with Crippen molar-refractivity contribution in [1.29, 1.82) is 0 Å². The van der Waals surface area contributed by atoms with E-state index in [0.717, 1.165) is 5.56 Å². The third kappa shape index (κ3) is 4.77. The number of alkyl halides is 2. The van der Waals surface area contributed by atoms with Gasteiger partial charge in [0.05, 0.1) is 0 Å². The third-order valence-corrected chi connectivity index (χ3v) is 3.24. The summed E-state index contributed by atoms with van der Waals surface area (Å²) in [6, 6.07) is 12.2. The summed E-state index contributed by atoms with van der Waals surface area (Å²) >= 11 is 0. The number of benzene rings is 2. The molecule has 0 saturated carbocycles. The lowest BCUT2D eigenvalue weighted by Crippen LogP contribution is -2.23. The molecule has 0 fully saturated rings. The predicted molar refractivity (Wildman–Crippen MR) is 84.1 cm³/mol. The van der Waals surface area contributed by atoms with Gasteiger partial charge in [-0.1, -0.05) is 12.1 Å². The molecular weight excluding hydrogens is 318 g/mol. The van der Waals surface area contributed by atoms with Gasteiger partial charge in [0.1, 0.15) is 5.75 Å². The Morgan fingerprint density at radius 3 is 2.04 bits per heavy atom. The molecule has 126 valence electrons. The van der Waals surface area contributed by atoms with Crippen LogP contribution >= 0.6 is 0 Å². The van der Waals surface area contributed by atoms with Crippen molar-refractivity contribution in [2.75, 3.05) is 7.05 Å². The molecule has 2 rings (SSSR count). The van der Waals surface area contributed by atoms with Gasteiger partial charge in [-0.2, -0.15) is 8.78 Å². The van der Waals surface area contributed by atoms with Crippen LogP contribution in [0.25, 0.3) is 0 Å². The minimum atomic E-state index is -2.90. The number of carbonyl (C=O) groups is 2. The summed E-state index contributed by atoms with van der Waals surface area (Å²) in [4.78, 5) is 23.4. The van der Waals surface area contributed by atoms with E-state index < -0.39 is 6.61 Å². The third-order valence-electron chi connectivity index (χ3n) is 3.24. The summed E-state index contributed by atoms with van der Waals surface area (Å²) < 4.78 is 28.3. The molecule has 0 aromatic heterocycles. The van der Waals surface area contributed by atoms with Crippen molar-refractivity contribution in [2.24, 2.45) is 0 Å². The highest BCUT2D eigenvalue weighted by Crippen LogP contribution is 2.15. The SMILES string of the molecule is CNC(=O)c1ccc(CNC(=O)c2ccc(OC(F)F)cc2)cc1. The number of ether oxygens (including phenoxy) is 1. The quantitative estimate of drug-likeness (QED) is 0.853. The molecule has 0 radical (unpaired) electrons. The normalized spacial score (nSPS) is 10.3. The Morgan fingerprint density at radius 1 is 0.958 bits per heavy atom. The van der Waals surface area contributed by atoms with Gasteiger partial charge < -0.3 is 15.4 Å². The second-order valence-corrected chi connectivity index (χ2v) is 4.86. The van der Waals surface area contributed by atoms with Gasteiger partial charge in [0.2, 0.25) is 0 Å². The van der Waals surface area contributed by atoms with E-state index in [1.165, 1.54) is 24.3 Å². The van der Waals surface area contributed by atoms with Gasteiger partial charge in [-0.05, 0) is 42.0 Å². The van der Waals surface area contributed by atoms with Crippen LogP contribution in [0.3, 0.4) is 0 Å². The van der Waals surface area contributed by atoms with Gasteiger partial charge in [0.15, 0.2) is 0 Å². The lowest BCUT2D eigenvalue weighted by Gasteiger charge is -2.08. The average molecular weight is 334 g/mol. The Labute approximate surface area is 137 Å². The fourth-order valence-electron chi connectivity index (χ4n) is 1.99. The Bertz CT molecular complexity index is 701. The Hall–Kier alpha value is -2.96. The van der Waals surface area contributed by atoms with E-state index in [1.807, 2.05) is 0 Å². The molecule has 2 N–H and O–H groups in total. The van der Waals surface area contributed by atoms with Crippen LogP contribution in [-0.4, -0.2) is 25.5 Å². The maximum atomic E-state index is 12.1. The number of hydrogen-bond acceptors (Lipinski definition) is 3. The van der Waals surface area contributed by atoms with Crippen LogP contribution in [0.5, 0.6) is 5.75 Å². The standard InChI is InChI=1S/C17H16F2N2O3/c1-20-15(22)12-4-2-11(3-5-12)10-21-16(23)13-6-8-14(9-7-13)24-17(18)19/h2-9,17H,10H2,1H3,(H,20,22)(H,21,23). The Morgan fingerprint density at radius 2 is 1.50 bits per heavy atom. The second kappa shape index (κ2) is 8.05. The largest absolute Gasteiger partial charge is 0.435 e. The molecule has 0 saturated heterocycles. The summed E-state index contributed by atoms with van der Waals surface area (Å²) in [5, 5.41) is 5.23. The van der Waals surface area contributed by atoms with Crippen LogP contribution in [-0.2, 0) is 6.54 Å². The van der Waals surface area contributed by atoms with Gasteiger partial charge in [0, 0.05) is 24.7 Å². The number of amides is 2. The number of nitrogens with one attached hydrogen (secondary N) is 2. The maximum absolute atomic E-state index is 12.1. The fraction of sp³-hybridized carbons (Fsp3) is 0.176. The van der Waals surface area contributed by atoms with Gasteiger partial charge in [0.25, 0.3) is 11.8 Å². The molecule has 0 aliphatic rings. The number of halogens is 2. The zero-order chi connectivity index (χ0) is 17.5. The van der Waals surface area contributed by atoms with Crippen LogP contribution in [0.1, 0.15) is 26.3 Å². The lowest BCUT2D eigenvalue weighted by atomic mass is 10.1. The van der Waals surface area contributed by atoms with E-state index >= 15 is 0 Å². The Balaban J connectivity index is 1.91. The fourth-order valence-corrected chi connectivity index (χ4v) is 1.99. The first-order valence-electron chi connectivity index (χ1n) is 7.13. The molecule has 0 aliphatic carbocycles. The van der Waals surface area contributed by atoms with E-state index in [0.29, 0.717) is 11.1 Å². The molecule has 24 heavy (non-hydrogen) atoms. The van der Waals surface area contributed by atoms with E-state index in [4.69, 9.17) is 0 Å². The molecule has 0 atom stereocenters.